The van der Waals surface area contributed by atoms with Gasteiger partial charge in [0.1, 0.15) is 12.4 Å². The normalized spacial score (nSPS) is 10.2. The van der Waals surface area contributed by atoms with Gasteiger partial charge in [0.25, 0.3) is 0 Å². The number of aryl methyl sites for hydroxylation is 1. The molecular weight excluding hydrogens is 431 g/mol. The molecule has 150 valence electrons. The van der Waals surface area contributed by atoms with Gasteiger partial charge in [0, 0.05) is 6.42 Å². The summed E-state index contributed by atoms with van der Waals surface area (Å²) in [7, 11) is 0. The maximum absolute atomic E-state index is 3.29. The molecule has 1 aromatic rings. The predicted molar refractivity (Wildman–Crippen MR) is 108 cm³/mol. The molecule has 0 unspecified atom stereocenters. The van der Waals surface area contributed by atoms with E-state index in [9.17, 15) is 0 Å². The van der Waals surface area contributed by atoms with Crippen molar-refractivity contribution >= 4 is 0 Å². The van der Waals surface area contributed by atoms with Gasteiger partial charge in [0.15, 0.2) is 6.54 Å². The van der Waals surface area contributed by atoms with E-state index in [1.54, 1.807) is 0 Å². The monoisotopic (exact) mass is 472 g/mol. The van der Waals surface area contributed by atoms with Gasteiger partial charge in [-0.3, -0.25) is 0 Å². The minimum absolute atomic E-state index is 0. The van der Waals surface area contributed by atoms with Gasteiger partial charge in [-0.25, -0.2) is 9.13 Å². The zero-order chi connectivity index (χ0) is 18.0. The lowest BCUT2D eigenvalue weighted by Gasteiger charge is -2.01. The van der Waals surface area contributed by atoms with Crippen molar-refractivity contribution in [3.63, 3.8) is 0 Å². The molecule has 0 aliphatic carbocycles. The number of rotatable bonds is 15. The first-order valence-electron chi connectivity index (χ1n) is 10.9. The van der Waals surface area contributed by atoms with Crippen molar-refractivity contribution < 1.29 is 28.5 Å². The standard InChI is InChI=1S/C23H41N2.HI/c1-3-5-7-9-11-12-13-14-16-18-20-25-22-21-24(23-25)19-17-15-10-8-6-4-2;/h21-23H,3-14,16,18-20H2,1-2H3;1H/q+1;/p-1. The highest BCUT2D eigenvalue weighted by atomic mass is 127. The Bertz CT molecular complexity index is 470. The number of aromatic nitrogens is 2. The molecule has 1 aromatic heterocycles. The topological polar surface area (TPSA) is 8.81 Å². The first-order chi connectivity index (χ1) is 12.4. The second kappa shape index (κ2) is 19.3. The molecule has 0 atom stereocenters. The summed E-state index contributed by atoms with van der Waals surface area (Å²) >= 11 is 0. The molecular formula is C23H41IN2. The van der Waals surface area contributed by atoms with Crippen LogP contribution in [-0.2, 0) is 13.1 Å². The van der Waals surface area contributed by atoms with Crippen LogP contribution in [0.5, 0.6) is 0 Å². The van der Waals surface area contributed by atoms with Crippen LogP contribution in [0.4, 0.5) is 0 Å². The Morgan fingerprint density at radius 2 is 1.31 bits per heavy atom. The summed E-state index contributed by atoms with van der Waals surface area (Å²) in [5.41, 5.74) is 0. The van der Waals surface area contributed by atoms with Crippen LogP contribution in [-0.4, -0.2) is 4.57 Å². The number of hydrogen-bond acceptors (Lipinski definition) is 0. The van der Waals surface area contributed by atoms with Crippen LogP contribution in [0.1, 0.15) is 104 Å². The summed E-state index contributed by atoms with van der Waals surface area (Å²) in [6, 6.07) is 0. The van der Waals surface area contributed by atoms with E-state index in [1.807, 2.05) is 0 Å². The molecule has 0 aliphatic rings. The average molecular weight is 472 g/mol. The van der Waals surface area contributed by atoms with Crippen molar-refractivity contribution in [3.8, 4) is 11.8 Å². The average Bonchev–Trinajstić information content (AvgIpc) is 3.07. The summed E-state index contributed by atoms with van der Waals surface area (Å²) in [4.78, 5) is 0. The highest BCUT2D eigenvalue weighted by Crippen LogP contribution is 2.10. The van der Waals surface area contributed by atoms with Gasteiger partial charge in [-0.15, -0.1) is 0 Å². The van der Waals surface area contributed by atoms with E-state index in [0.29, 0.717) is 0 Å². The number of imidazole rings is 1. The van der Waals surface area contributed by atoms with Gasteiger partial charge in [0.2, 0.25) is 6.33 Å². The van der Waals surface area contributed by atoms with Crippen molar-refractivity contribution in [3.05, 3.63) is 18.7 Å². The van der Waals surface area contributed by atoms with Gasteiger partial charge in [-0.05, 0) is 19.3 Å². The van der Waals surface area contributed by atoms with Crippen LogP contribution >= 0.6 is 0 Å². The van der Waals surface area contributed by atoms with E-state index in [2.05, 4.69) is 53.5 Å². The predicted octanol–water partition coefficient (Wildman–Crippen LogP) is 3.28. The molecule has 0 amide bonds. The van der Waals surface area contributed by atoms with E-state index in [4.69, 9.17) is 0 Å². The first-order valence-corrected chi connectivity index (χ1v) is 10.9. The minimum atomic E-state index is 0. The molecule has 0 saturated carbocycles. The number of halogens is 1. The second-order valence-corrected chi connectivity index (χ2v) is 7.32. The number of hydrogen-bond donors (Lipinski definition) is 0. The van der Waals surface area contributed by atoms with E-state index in [-0.39, 0.29) is 24.0 Å². The Morgan fingerprint density at radius 3 is 1.96 bits per heavy atom. The van der Waals surface area contributed by atoms with E-state index < -0.39 is 0 Å². The third-order valence-corrected chi connectivity index (χ3v) is 4.81. The molecule has 0 radical (unpaired) electrons. The molecule has 0 spiro atoms. The third-order valence-electron chi connectivity index (χ3n) is 4.81. The van der Waals surface area contributed by atoms with Crippen LogP contribution in [0.3, 0.4) is 0 Å². The summed E-state index contributed by atoms with van der Waals surface area (Å²) < 4.78 is 4.51. The fourth-order valence-electron chi connectivity index (χ4n) is 3.15. The van der Waals surface area contributed by atoms with Crippen molar-refractivity contribution in [2.45, 2.75) is 117 Å². The third kappa shape index (κ3) is 14.6. The van der Waals surface area contributed by atoms with Crippen molar-refractivity contribution in [1.29, 1.82) is 0 Å². The lowest BCUT2D eigenvalue weighted by atomic mass is 10.1. The molecule has 0 saturated heterocycles. The Kier molecular flexibility index (Phi) is 18.9. The lowest BCUT2D eigenvalue weighted by molar-refractivity contribution is -0.696. The summed E-state index contributed by atoms with van der Waals surface area (Å²) in [5.74, 6) is 6.57. The zero-order valence-corrected chi connectivity index (χ0v) is 19.5. The van der Waals surface area contributed by atoms with Gasteiger partial charge in [0.05, 0.1) is 6.54 Å². The Balaban J connectivity index is 0.00000625. The van der Waals surface area contributed by atoms with Crippen LogP contribution < -0.4 is 28.5 Å². The second-order valence-electron chi connectivity index (χ2n) is 7.32. The smallest absolute Gasteiger partial charge is 0.244 e. The van der Waals surface area contributed by atoms with E-state index in [0.717, 1.165) is 19.5 Å². The molecule has 1 heterocycles. The quantitative estimate of drug-likeness (QED) is 0.160. The minimum Gasteiger partial charge on any atom is -1.00 e. The van der Waals surface area contributed by atoms with Crippen molar-refractivity contribution in [2.75, 3.05) is 0 Å². The Hall–Kier alpha value is -0.500. The summed E-state index contributed by atoms with van der Waals surface area (Å²) in [6.07, 6.45) is 25.4. The Labute approximate surface area is 180 Å². The zero-order valence-electron chi connectivity index (χ0n) is 17.3. The highest BCUT2D eigenvalue weighted by molar-refractivity contribution is 4.99. The lowest BCUT2D eigenvalue weighted by Crippen LogP contribution is -3.00. The van der Waals surface area contributed by atoms with Gasteiger partial charge in [-0.2, -0.15) is 0 Å². The fraction of sp³-hybridized carbons (Fsp3) is 0.783. The van der Waals surface area contributed by atoms with E-state index in [1.165, 1.54) is 83.5 Å². The Morgan fingerprint density at radius 1 is 0.731 bits per heavy atom. The molecule has 2 nitrogen and oxygen atoms in total. The van der Waals surface area contributed by atoms with Gasteiger partial charge in [-0.1, -0.05) is 89.9 Å². The molecule has 0 aliphatic heterocycles. The van der Waals surface area contributed by atoms with Crippen molar-refractivity contribution in [2.24, 2.45) is 0 Å². The molecule has 0 bridgehead atoms. The highest BCUT2D eigenvalue weighted by Gasteiger charge is 2.01. The maximum Gasteiger partial charge on any atom is 0.244 e. The SMILES string of the molecule is CCCCCC#CCn1cc[n+](CCCCCCCCCCCC)c1.[I-]. The number of unbranched alkanes of at least 4 members (excludes halogenated alkanes) is 12. The van der Waals surface area contributed by atoms with E-state index >= 15 is 0 Å². The summed E-state index contributed by atoms with van der Waals surface area (Å²) in [5, 5.41) is 0. The number of nitrogens with zero attached hydrogens (tertiary/aromatic N) is 2. The van der Waals surface area contributed by atoms with Crippen LogP contribution in [0.2, 0.25) is 0 Å². The largest absolute Gasteiger partial charge is 1.00 e. The van der Waals surface area contributed by atoms with Crippen LogP contribution in [0, 0.1) is 11.8 Å². The molecule has 0 aromatic carbocycles. The van der Waals surface area contributed by atoms with Crippen LogP contribution in [0.15, 0.2) is 18.7 Å². The molecule has 3 heteroatoms. The maximum atomic E-state index is 3.29. The first kappa shape index (κ1) is 25.5. The van der Waals surface area contributed by atoms with Crippen molar-refractivity contribution in [1.82, 2.24) is 4.57 Å². The molecule has 26 heavy (non-hydrogen) atoms. The fourth-order valence-corrected chi connectivity index (χ4v) is 3.15. The van der Waals surface area contributed by atoms with Gasteiger partial charge < -0.3 is 24.0 Å². The van der Waals surface area contributed by atoms with Crippen LogP contribution in [0.25, 0.3) is 0 Å². The van der Waals surface area contributed by atoms with Gasteiger partial charge >= 0.3 is 0 Å². The molecule has 0 fully saturated rings. The molecule has 1 rings (SSSR count). The summed E-state index contributed by atoms with van der Waals surface area (Å²) in [6.45, 7) is 6.50. The molecule has 0 N–H and O–H groups in total.